The minimum atomic E-state index is -0.961. The molecule has 84 valence electrons. The molecule has 1 heterocycles. The monoisotopic (exact) mass is 214 g/mol. The van der Waals surface area contributed by atoms with E-state index in [1.54, 1.807) is 13.8 Å². The van der Waals surface area contributed by atoms with Crippen molar-refractivity contribution in [1.29, 1.82) is 0 Å². The van der Waals surface area contributed by atoms with Crippen LogP contribution >= 0.6 is 0 Å². The van der Waals surface area contributed by atoms with E-state index >= 15 is 0 Å². The van der Waals surface area contributed by atoms with Crippen molar-refractivity contribution in [2.24, 2.45) is 5.10 Å². The first-order valence-corrected chi connectivity index (χ1v) is 4.62. The first-order valence-electron chi connectivity index (χ1n) is 4.62. The number of rotatable bonds is 3. The topological polar surface area (TPSA) is 77.0 Å². The maximum Gasteiger partial charge on any atom is 0.354 e. The van der Waals surface area contributed by atoms with Gasteiger partial charge in [-0.25, -0.2) is 9.59 Å². The quantitative estimate of drug-likeness (QED) is 0.660. The number of esters is 2. The van der Waals surface area contributed by atoms with E-state index in [2.05, 4.69) is 15.3 Å². The van der Waals surface area contributed by atoms with Crippen molar-refractivity contribution in [2.75, 3.05) is 13.7 Å². The predicted molar refractivity (Wildman–Crippen MR) is 52.2 cm³/mol. The van der Waals surface area contributed by atoms with Crippen LogP contribution in [-0.2, 0) is 19.1 Å². The molecular weight excluding hydrogens is 200 g/mol. The lowest BCUT2D eigenvalue weighted by molar-refractivity contribution is -0.147. The number of nitrogens with zero attached hydrogens (tertiary/aromatic N) is 1. The van der Waals surface area contributed by atoms with Gasteiger partial charge in [0.15, 0.2) is 5.54 Å². The third kappa shape index (κ3) is 2.26. The molecule has 0 amide bonds. The van der Waals surface area contributed by atoms with E-state index in [4.69, 9.17) is 4.74 Å². The van der Waals surface area contributed by atoms with Crippen LogP contribution in [0.1, 0.15) is 20.3 Å². The summed E-state index contributed by atoms with van der Waals surface area (Å²) >= 11 is 0. The van der Waals surface area contributed by atoms with E-state index in [1.165, 1.54) is 7.11 Å². The van der Waals surface area contributed by atoms with E-state index in [-0.39, 0.29) is 18.7 Å². The van der Waals surface area contributed by atoms with Crippen molar-refractivity contribution in [3.63, 3.8) is 0 Å². The van der Waals surface area contributed by atoms with Crippen molar-refractivity contribution in [2.45, 2.75) is 25.8 Å². The van der Waals surface area contributed by atoms with Crippen molar-refractivity contribution < 1.29 is 19.1 Å². The molecule has 0 saturated carbocycles. The van der Waals surface area contributed by atoms with Crippen LogP contribution in [0.3, 0.4) is 0 Å². The molecule has 0 bridgehead atoms. The Morgan fingerprint density at radius 2 is 2.27 bits per heavy atom. The second-order valence-corrected chi connectivity index (χ2v) is 3.39. The van der Waals surface area contributed by atoms with Gasteiger partial charge in [-0.05, 0) is 13.8 Å². The Kier molecular flexibility index (Phi) is 3.28. The highest BCUT2D eigenvalue weighted by Crippen LogP contribution is 2.18. The summed E-state index contributed by atoms with van der Waals surface area (Å²) in [5.41, 5.74) is 1.84. The molecule has 0 aromatic heterocycles. The average Bonchev–Trinajstić information content (AvgIpc) is 2.61. The summed E-state index contributed by atoms with van der Waals surface area (Å²) in [7, 11) is 1.29. The summed E-state index contributed by atoms with van der Waals surface area (Å²) < 4.78 is 9.37. The van der Waals surface area contributed by atoms with Crippen molar-refractivity contribution in [3.05, 3.63) is 0 Å². The van der Waals surface area contributed by atoms with Gasteiger partial charge < -0.3 is 9.47 Å². The largest absolute Gasteiger partial charge is 0.467 e. The van der Waals surface area contributed by atoms with Crippen LogP contribution in [0.25, 0.3) is 0 Å². The lowest BCUT2D eigenvalue weighted by Crippen LogP contribution is -2.45. The SMILES string of the molecule is CCOC(=O)C1=NNC(C)(C(=O)OC)C1. The lowest BCUT2D eigenvalue weighted by atomic mass is 9.97. The maximum atomic E-state index is 11.4. The van der Waals surface area contributed by atoms with Crippen LogP contribution in [0.4, 0.5) is 0 Å². The Bertz CT molecular complexity index is 313. The van der Waals surface area contributed by atoms with Gasteiger partial charge in [-0.1, -0.05) is 0 Å². The summed E-state index contributed by atoms with van der Waals surface area (Å²) in [6.45, 7) is 3.61. The van der Waals surface area contributed by atoms with E-state index < -0.39 is 17.5 Å². The summed E-state index contributed by atoms with van der Waals surface area (Å²) in [6, 6.07) is 0. The molecule has 0 radical (unpaired) electrons. The van der Waals surface area contributed by atoms with Gasteiger partial charge in [0.25, 0.3) is 0 Å². The fourth-order valence-corrected chi connectivity index (χ4v) is 1.28. The highest BCUT2D eigenvalue weighted by molar-refractivity contribution is 6.37. The Morgan fingerprint density at radius 1 is 1.60 bits per heavy atom. The standard InChI is InChI=1S/C9H14N2O4/c1-4-15-7(12)6-5-9(2,11-10-6)8(13)14-3/h11H,4-5H2,1-3H3. The number of hydrazone groups is 1. The number of hydrogen-bond donors (Lipinski definition) is 1. The lowest BCUT2D eigenvalue weighted by Gasteiger charge is -2.19. The van der Waals surface area contributed by atoms with Gasteiger partial charge >= 0.3 is 11.9 Å². The summed E-state index contributed by atoms with van der Waals surface area (Å²) in [4.78, 5) is 22.7. The van der Waals surface area contributed by atoms with Gasteiger partial charge in [0, 0.05) is 6.42 Å². The molecule has 6 heteroatoms. The zero-order chi connectivity index (χ0) is 11.5. The van der Waals surface area contributed by atoms with E-state index in [0.29, 0.717) is 0 Å². The van der Waals surface area contributed by atoms with Gasteiger partial charge in [0.2, 0.25) is 0 Å². The molecule has 1 aliphatic heterocycles. The summed E-state index contributed by atoms with van der Waals surface area (Å²) in [5, 5.41) is 3.77. The molecular formula is C9H14N2O4. The molecule has 0 aliphatic carbocycles. The van der Waals surface area contributed by atoms with E-state index in [1.807, 2.05) is 0 Å². The molecule has 6 nitrogen and oxygen atoms in total. The number of nitrogens with one attached hydrogen (secondary N) is 1. The van der Waals surface area contributed by atoms with Gasteiger partial charge in [-0.2, -0.15) is 5.10 Å². The smallest absolute Gasteiger partial charge is 0.354 e. The molecule has 0 aromatic carbocycles. The molecule has 1 unspecified atom stereocenters. The Morgan fingerprint density at radius 3 is 2.80 bits per heavy atom. The minimum Gasteiger partial charge on any atom is -0.467 e. The van der Waals surface area contributed by atoms with Crippen LogP contribution in [0.5, 0.6) is 0 Å². The molecule has 0 fully saturated rings. The maximum absolute atomic E-state index is 11.4. The highest BCUT2D eigenvalue weighted by Gasteiger charge is 2.42. The number of carbonyl (C=O) groups excluding carboxylic acids is 2. The normalized spacial score (nSPS) is 24.1. The zero-order valence-corrected chi connectivity index (χ0v) is 8.99. The Labute approximate surface area is 87.6 Å². The molecule has 15 heavy (non-hydrogen) atoms. The van der Waals surface area contributed by atoms with Crippen LogP contribution in [0.2, 0.25) is 0 Å². The molecule has 0 saturated heterocycles. The summed E-state index contributed by atoms with van der Waals surface area (Å²) in [5.74, 6) is -0.955. The number of methoxy groups -OCH3 is 1. The van der Waals surface area contributed by atoms with Gasteiger partial charge in [-0.15, -0.1) is 0 Å². The number of hydrogen-bond acceptors (Lipinski definition) is 6. The van der Waals surface area contributed by atoms with Gasteiger partial charge in [0.05, 0.1) is 13.7 Å². The fourth-order valence-electron chi connectivity index (χ4n) is 1.28. The van der Waals surface area contributed by atoms with Crippen LogP contribution in [0, 0.1) is 0 Å². The average molecular weight is 214 g/mol. The molecule has 1 aliphatic rings. The van der Waals surface area contributed by atoms with Crippen molar-refractivity contribution in [3.8, 4) is 0 Å². The predicted octanol–water partition coefficient (Wildman–Crippen LogP) is -0.169. The molecule has 0 spiro atoms. The van der Waals surface area contributed by atoms with Crippen LogP contribution < -0.4 is 5.43 Å². The third-order valence-corrected chi connectivity index (χ3v) is 2.11. The molecule has 1 N–H and O–H groups in total. The van der Waals surface area contributed by atoms with Crippen molar-refractivity contribution in [1.82, 2.24) is 5.43 Å². The summed E-state index contributed by atoms with van der Waals surface area (Å²) in [6.07, 6.45) is 0.179. The van der Waals surface area contributed by atoms with Gasteiger partial charge in [0.1, 0.15) is 5.71 Å². The fraction of sp³-hybridized carbons (Fsp3) is 0.667. The Hall–Kier alpha value is -1.59. The highest BCUT2D eigenvalue weighted by atomic mass is 16.5. The first kappa shape index (κ1) is 11.5. The zero-order valence-electron chi connectivity index (χ0n) is 8.99. The minimum absolute atomic E-state index is 0.179. The number of carbonyl (C=O) groups is 2. The number of ether oxygens (including phenoxy) is 2. The molecule has 0 aromatic rings. The van der Waals surface area contributed by atoms with Crippen LogP contribution in [0.15, 0.2) is 5.10 Å². The van der Waals surface area contributed by atoms with Crippen LogP contribution in [-0.4, -0.2) is 36.9 Å². The Balaban J connectivity index is 2.64. The second-order valence-electron chi connectivity index (χ2n) is 3.39. The molecule has 1 rings (SSSR count). The molecule has 1 atom stereocenters. The second kappa shape index (κ2) is 4.29. The van der Waals surface area contributed by atoms with E-state index in [0.717, 1.165) is 0 Å². The van der Waals surface area contributed by atoms with Gasteiger partial charge in [-0.3, -0.25) is 5.43 Å². The first-order chi connectivity index (χ1) is 7.03. The van der Waals surface area contributed by atoms with Crippen molar-refractivity contribution >= 4 is 17.7 Å². The van der Waals surface area contributed by atoms with E-state index in [9.17, 15) is 9.59 Å². The third-order valence-electron chi connectivity index (χ3n) is 2.11.